The van der Waals surface area contributed by atoms with Crippen molar-refractivity contribution in [2.75, 3.05) is 31.1 Å². The summed E-state index contributed by atoms with van der Waals surface area (Å²) in [6.07, 6.45) is 8.36. The highest BCUT2D eigenvalue weighted by atomic mass is 79.9. The normalized spacial score (nSPS) is 20.1. The van der Waals surface area contributed by atoms with E-state index < -0.39 is 0 Å². The molecule has 1 saturated carbocycles. The Bertz CT molecular complexity index is 1280. The van der Waals surface area contributed by atoms with Gasteiger partial charge in [0.15, 0.2) is 11.5 Å². The maximum absolute atomic E-state index is 12.8. The van der Waals surface area contributed by atoms with Gasteiger partial charge in [-0.1, -0.05) is 11.6 Å². The van der Waals surface area contributed by atoms with Crippen LogP contribution < -0.4 is 20.7 Å². The Kier molecular flexibility index (Phi) is 11.4. The number of piperidine rings is 1. The van der Waals surface area contributed by atoms with Crippen LogP contribution in [0.2, 0.25) is 5.02 Å². The van der Waals surface area contributed by atoms with Crippen LogP contribution in [0.1, 0.15) is 60.1 Å². The molecule has 1 aromatic carbocycles. The predicted octanol–water partition coefficient (Wildman–Crippen LogP) is 4.68. The van der Waals surface area contributed by atoms with Crippen LogP contribution in [0.3, 0.4) is 0 Å². The summed E-state index contributed by atoms with van der Waals surface area (Å²) in [5, 5.41) is 21.2. The quantitative estimate of drug-likeness (QED) is 0.281. The van der Waals surface area contributed by atoms with Crippen molar-refractivity contribution in [1.82, 2.24) is 15.5 Å². The summed E-state index contributed by atoms with van der Waals surface area (Å²) in [5.74, 6) is 1.24. The Hall–Kier alpha value is -3.20. The molecule has 2 fully saturated rings. The Morgan fingerprint density at radius 1 is 1.20 bits per heavy atom. The van der Waals surface area contributed by atoms with Crippen LogP contribution in [-0.2, 0) is 4.74 Å². The van der Waals surface area contributed by atoms with E-state index in [1.165, 1.54) is 6.20 Å². The van der Waals surface area contributed by atoms with Crippen molar-refractivity contribution >= 4 is 45.5 Å². The van der Waals surface area contributed by atoms with Crippen molar-refractivity contribution < 1.29 is 14.3 Å². The van der Waals surface area contributed by atoms with Gasteiger partial charge in [-0.3, -0.25) is 9.79 Å². The molecule has 12 heteroatoms. The zero-order valence-electron chi connectivity index (χ0n) is 23.1. The van der Waals surface area contributed by atoms with Gasteiger partial charge in [0.2, 0.25) is 0 Å². The van der Waals surface area contributed by atoms with E-state index in [-0.39, 0.29) is 24.2 Å². The molecule has 10 nitrogen and oxygen atoms in total. The lowest BCUT2D eigenvalue weighted by atomic mass is 9.92. The van der Waals surface area contributed by atoms with Gasteiger partial charge in [-0.2, -0.15) is 5.26 Å². The van der Waals surface area contributed by atoms with Gasteiger partial charge in [-0.25, -0.2) is 0 Å². The SMILES string of the molecule is Cc1c(OC2CCC(NC(=O)c3ccc(N4CCC(OCCN=CC(Br)=CN)CC4)nn3)CC2)ccc(C#N)c1Cl. The van der Waals surface area contributed by atoms with Crippen molar-refractivity contribution in [1.29, 1.82) is 5.26 Å². The first-order valence-corrected chi connectivity index (χ1v) is 15.0. The minimum Gasteiger partial charge on any atom is -0.490 e. The number of hydrogen-bond acceptors (Lipinski definition) is 9. The van der Waals surface area contributed by atoms with Crippen molar-refractivity contribution in [2.45, 2.75) is 63.7 Å². The van der Waals surface area contributed by atoms with E-state index in [2.05, 4.69) is 47.4 Å². The first-order chi connectivity index (χ1) is 19.9. The zero-order chi connectivity index (χ0) is 29.2. The maximum atomic E-state index is 12.8. The second-order valence-corrected chi connectivity index (χ2v) is 11.4. The van der Waals surface area contributed by atoms with Crippen LogP contribution in [0.25, 0.3) is 0 Å². The second-order valence-electron chi connectivity index (χ2n) is 10.1. The summed E-state index contributed by atoms with van der Waals surface area (Å²) in [5.41, 5.74) is 6.91. The molecular formula is C29H35BrClN7O3. The molecule has 41 heavy (non-hydrogen) atoms. The molecule has 4 rings (SSSR count). The van der Waals surface area contributed by atoms with Crippen molar-refractivity contribution in [3.05, 3.63) is 56.8 Å². The highest BCUT2D eigenvalue weighted by Gasteiger charge is 2.26. The highest BCUT2D eigenvalue weighted by Crippen LogP contribution is 2.32. The fourth-order valence-corrected chi connectivity index (χ4v) is 5.32. The fourth-order valence-electron chi connectivity index (χ4n) is 4.98. The lowest BCUT2D eigenvalue weighted by Gasteiger charge is -2.32. The first kappa shape index (κ1) is 30.8. The smallest absolute Gasteiger partial charge is 0.272 e. The number of nitrogens with one attached hydrogen (secondary N) is 1. The molecule has 0 unspecified atom stereocenters. The Morgan fingerprint density at radius 3 is 2.61 bits per heavy atom. The number of nitrogens with two attached hydrogens (primary N) is 1. The number of ether oxygens (including phenoxy) is 2. The van der Waals surface area contributed by atoms with Crippen LogP contribution in [-0.4, -0.2) is 66.8 Å². The van der Waals surface area contributed by atoms with Gasteiger partial charge in [0, 0.05) is 37.1 Å². The van der Waals surface area contributed by atoms with Gasteiger partial charge < -0.3 is 25.4 Å². The molecule has 0 atom stereocenters. The van der Waals surface area contributed by atoms with Crippen molar-refractivity contribution in [2.24, 2.45) is 10.7 Å². The number of nitriles is 1. The summed E-state index contributed by atoms with van der Waals surface area (Å²) in [7, 11) is 0. The molecule has 1 aliphatic heterocycles. The number of amides is 1. The number of aliphatic imine (C=N–C) groups is 1. The molecule has 0 radical (unpaired) electrons. The fraction of sp³-hybridized carbons (Fsp3) is 0.483. The van der Waals surface area contributed by atoms with Crippen LogP contribution >= 0.6 is 27.5 Å². The van der Waals surface area contributed by atoms with E-state index >= 15 is 0 Å². The van der Waals surface area contributed by atoms with E-state index in [0.717, 1.165) is 67.5 Å². The Labute approximate surface area is 254 Å². The molecular weight excluding hydrogens is 610 g/mol. The third-order valence-corrected chi connectivity index (χ3v) is 8.31. The topological polar surface area (TPSA) is 139 Å². The van der Waals surface area contributed by atoms with Gasteiger partial charge >= 0.3 is 0 Å². The van der Waals surface area contributed by atoms with E-state index in [4.69, 9.17) is 32.1 Å². The number of hydrogen-bond donors (Lipinski definition) is 2. The number of anilines is 1. The average molecular weight is 645 g/mol. The summed E-state index contributed by atoms with van der Waals surface area (Å²) in [6, 6.07) is 9.21. The number of nitrogens with zero attached hydrogens (tertiary/aromatic N) is 5. The molecule has 2 heterocycles. The third kappa shape index (κ3) is 8.64. The maximum Gasteiger partial charge on any atom is 0.272 e. The van der Waals surface area contributed by atoms with Gasteiger partial charge in [0.05, 0.1) is 40.4 Å². The first-order valence-electron chi connectivity index (χ1n) is 13.8. The molecule has 1 aliphatic carbocycles. The van der Waals surface area contributed by atoms with Crippen LogP contribution in [0, 0.1) is 18.3 Å². The highest BCUT2D eigenvalue weighted by molar-refractivity contribution is 9.12. The molecule has 1 amide bonds. The van der Waals surface area contributed by atoms with Crippen molar-refractivity contribution in [3.63, 3.8) is 0 Å². The van der Waals surface area contributed by atoms with Gasteiger partial charge in [-0.15, -0.1) is 10.2 Å². The predicted molar refractivity (Wildman–Crippen MR) is 163 cm³/mol. The van der Waals surface area contributed by atoms with Gasteiger partial charge in [0.1, 0.15) is 11.8 Å². The summed E-state index contributed by atoms with van der Waals surface area (Å²) < 4.78 is 12.9. The molecule has 2 aliphatic rings. The number of carbonyl (C=O) groups excluding carboxylic acids is 1. The standard InChI is InChI=1S/C29H35BrClN7O3/c1-19-26(8-2-20(16-32)28(19)31)41-24-5-3-22(4-6-24)35-29(39)25-7-9-27(37-36-25)38-13-10-23(11-14-38)40-15-12-34-18-21(30)17-33/h2,7-9,17-18,22-24H,3-6,10-15,33H2,1H3,(H,35,39). The average Bonchev–Trinajstić information content (AvgIpc) is 3.00. The number of carbonyl (C=O) groups is 1. The Balaban J connectivity index is 1.17. The summed E-state index contributed by atoms with van der Waals surface area (Å²) in [6.45, 7) is 4.64. The lowest BCUT2D eigenvalue weighted by molar-refractivity contribution is 0.0423. The number of aromatic nitrogens is 2. The number of allylic oxidation sites excluding steroid dienone is 1. The Morgan fingerprint density at radius 2 is 1.95 bits per heavy atom. The van der Waals surface area contributed by atoms with E-state index in [1.54, 1.807) is 24.4 Å². The summed E-state index contributed by atoms with van der Waals surface area (Å²) >= 11 is 9.55. The van der Waals surface area contributed by atoms with Crippen LogP contribution in [0.15, 0.2) is 39.9 Å². The van der Waals surface area contributed by atoms with E-state index in [0.29, 0.717) is 35.2 Å². The molecule has 3 N–H and O–H groups in total. The summed E-state index contributed by atoms with van der Waals surface area (Å²) in [4.78, 5) is 19.2. The number of rotatable bonds is 10. The molecule has 218 valence electrons. The molecule has 0 bridgehead atoms. The second kappa shape index (κ2) is 15.1. The van der Waals surface area contributed by atoms with E-state index in [1.807, 2.05) is 13.0 Å². The van der Waals surface area contributed by atoms with Gasteiger partial charge in [0.25, 0.3) is 5.91 Å². The minimum atomic E-state index is -0.216. The van der Waals surface area contributed by atoms with Gasteiger partial charge in [-0.05, 0) is 85.6 Å². The third-order valence-electron chi connectivity index (χ3n) is 7.36. The van der Waals surface area contributed by atoms with Crippen molar-refractivity contribution in [3.8, 4) is 11.8 Å². The number of halogens is 2. The lowest BCUT2D eigenvalue weighted by Crippen LogP contribution is -2.40. The minimum absolute atomic E-state index is 0.0363. The van der Waals surface area contributed by atoms with Crippen LogP contribution in [0.4, 0.5) is 5.82 Å². The molecule has 2 aromatic rings. The van der Waals surface area contributed by atoms with E-state index in [9.17, 15) is 4.79 Å². The molecule has 0 spiro atoms. The largest absolute Gasteiger partial charge is 0.490 e. The zero-order valence-corrected chi connectivity index (χ0v) is 25.4. The van der Waals surface area contributed by atoms with Crippen LogP contribution in [0.5, 0.6) is 5.75 Å². The number of benzene rings is 1. The molecule has 1 aromatic heterocycles. The monoisotopic (exact) mass is 643 g/mol. The molecule has 1 saturated heterocycles.